The molecule has 0 saturated heterocycles. The molecule has 0 saturated carbocycles. The molecule has 28 heavy (non-hydrogen) atoms. The van der Waals surface area contributed by atoms with Crippen LogP contribution in [0.4, 0.5) is 0 Å². The third kappa shape index (κ3) is 6.01. The van der Waals surface area contributed by atoms with Gasteiger partial charge in [0.25, 0.3) is 5.56 Å². The molecule has 0 spiro atoms. The summed E-state index contributed by atoms with van der Waals surface area (Å²) < 4.78 is 2.44. The van der Waals surface area contributed by atoms with E-state index in [0.29, 0.717) is 15.7 Å². The molecular weight excluding hydrogens is 392 g/mol. The monoisotopic (exact) mass is 420 g/mol. The number of unbranched alkanes of at least 4 members (excludes halogenated alkanes) is 1. The van der Waals surface area contributed by atoms with Crippen LogP contribution in [0.25, 0.3) is 12.2 Å². The van der Waals surface area contributed by atoms with Crippen LogP contribution in [-0.2, 0) is 16.1 Å². The third-order valence-corrected chi connectivity index (χ3v) is 6.13. The van der Waals surface area contributed by atoms with E-state index in [1.165, 1.54) is 22.0 Å². The van der Waals surface area contributed by atoms with E-state index in [9.17, 15) is 14.4 Å². The summed E-state index contributed by atoms with van der Waals surface area (Å²) in [5.74, 6) is -0.294. The zero-order chi connectivity index (χ0) is 20.9. The van der Waals surface area contributed by atoms with Crippen molar-refractivity contribution in [3.05, 3.63) is 41.4 Å². The van der Waals surface area contributed by atoms with Crippen molar-refractivity contribution in [1.82, 2.24) is 9.88 Å². The molecule has 2 aromatic heterocycles. The minimum Gasteiger partial charge on any atom is -0.355 e. The maximum atomic E-state index is 12.9. The van der Waals surface area contributed by atoms with Gasteiger partial charge in [0.15, 0.2) is 5.78 Å². The van der Waals surface area contributed by atoms with Crippen molar-refractivity contribution in [3.8, 4) is 0 Å². The average Bonchev–Trinajstić information content (AvgIpc) is 3.13. The SMILES string of the molecule is CCCCNC(=O)Cn1c(=CC(=O)C(C)(C)C)sc(=Cc2ccc(C)s2)c1=O. The summed E-state index contributed by atoms with van der Waals surface area (Å²) >= 11 is 2.85. The fourth-order valence-electron chi connectivity index (χ4n) is 2.39. The number of nitrogens with one attached hydrogen (secondary N) is 1. The summed E-state index contributed by atoms with van der Waals surface area (Å²) in [7, 11) is 0. The summed E-state index contributed by atoms with van der Waals surface area (Å²) in [5, 5.41) is 2.83. The van der Waals surface area contributed by atoms with Crippen LogP contribution < -0.4 is 20.1 Å². The van der Waals surface area contributed by atoms with Crippen molar-refractivity contribution in [2.45, 2.75) is 54.0 Å². The number of rotatable bonds is 7. The Morgan fingerprint density at radius 3 is 2.50 bits per heavy atom. The minimum atomic E-state index is -0.553. The van der Waals surface area contributed by atoms with E-state index in [2.05, 4.69) is 12.2 Å². The molecule has 2 rings (SSSR count). The van der Waals surface area contributed by atoms with Crippen LogP contribution in [-0.4, -0.2) is 22.8 Å². The Kier molecular flexibility index (Phi) is 7.55. The van der Waals surface area contributed by atoms with Crippen molar-refractivity contribution < 1.29 is 9.59 Å². The summed E-state index contributed by atoms with van der Waals surface area (Å²) in [6, 6.07) is 3.96. The first-order valence-electron chi connectivity index (χ1n) is 9.42. The average molecular weight is 421 g/mol. The van der Waals surface area contributed by atoms with Gasteiger partial charge in [-0.1, -0.05) is 34.1 Å². The summed E-state index contributed by atoms with van der Waals surface area (Å²) in [6.07, 6.45) is 5.19. The van der Waals surface area contributed by atoms with E-state index in [-0.39, 0.29) is 23.8 Å². The van der Waals surface area contributed by atoms with Gasteiger partial charge in [-0.2, -0.15) is 0 Å². The van der Waals surface area contributed by atoms with Gasteiger partial charge in [0.1, 0.15) is 11.2 Å². The second-order valence-electron chi connectivity index (χ2n) is 7.75. The minimum absolute atomic E-state index is 0.0765. The standard InChI is InChI=1S/C21H28N2O3S2/c1-6-7-10-22-18(25)13-23-19(12-17(24)21(3,4)5)28-16(20(23)26)11-15-9-8-14(2)27-15/h8-9,11-12H,6-7,10,13H2,1-5H3,(H,22,25). The zero-order valence-electron chi connectivity index (χ0n) is 17.1. The van der Waals surface area contributed by atoms with E-state index in [4.69, 9.17) is 0 Å². The quantitative estimate of drug-likeness (QED) is 0.700. The lowest BCUT2D eigenvalue weighted by Crippen LogP contribution is -2.38. The van der Waals surface area contributed by atoms with Crippen molar-refractivity contribution in [3.63, 3.8) is 0 Å². The van der Waals surface area contributed by atoms with Gasteiger partial charge in [-0.15, -0.1) is 22.7 Å². The van der Waals surface area contributed by atoms with E-state index in [0.717, 1.165) is 22.6 Å². The van der Waals surface area contributed by atoms with Gasteiger partial charge in [0.05, 0.1) is 4.53 Å². The lowest BCUT2D eigenvalue weighted by atomic mass is 9.91. The molecule has 0 bridgehead atoms. The summed E-state index contributed by atoms with van der Waals surface area (Å²) in [6.45, 7) is 10.1. The Labute approximate surface area is 173 Å². The molecule has 0 radical (unpaired) electrons. The molecule has 0 unspecified atom stereocenters. The van der Waals surface area contributed by atoms with Gasteiger partial charge in [-0.05, 0) is 31.6 Å². The largest absolute Gasteiger partial charge is 0.355 e. The van der Waals surface area contributed by atoms with Crippen molar-refractivity contribution in [1.29, 1.82) is 0 Å². The normalized spacial score (nSPS) is 13.2. The number of hydrogen-bond donors (Lipinski definition) is 1. The van der Waals surface area contributed by atoms with Crippen LogP contribution in [0, 0.1) is 12.3 Å². The Morgan fingerprint density at radius 2 is 1.93 bits per heavy atom. The van der Waals surface area contributed by atoms with Gasteiger partial charge < -0.3 is 5.32 Å². The van der Waals surface area contributed by atoms with Gasteiger partial charge in [0.2, 0.25) is 5.91 Å². The lowest BCUT2D eigenvalue weighted by Gasteiger charge is -2.13. The lowest BCUT2D eigenvalue weighted by molar-refractivity contribution is -0.122. The number of aromatic nitrogens is 1. The molecule has 2 heterocycles. The van der Waals surface area contributed by atoms with Crippen LogP contribution in [0.2, 0.25) is 0 Å². The Morgan fingerprint density at radius 1 is 1.21 bits per heavy atom. The van der Waals surface area contributed by atoms with E-state index < -0.39 is 5.41 Å². The highest BCUT2D eigenvalue weighted by molar-refractivity contribution is 7.13. The maximum absolute atomic E-state index is 12.9. The van der Waals surface area contributed by atoms with Gasteiger partial charge in [0, 0.05) is 27.8 Å². The second kappa shape index (κ2) is 9.47. The fraction of sp³-hybridized carbons (Fsp3) is 0.476. The number of nitrogens with zero attached hydrogens (tertiary/aromatic N) is 1. The van der Waals surface area contributed by atoms with Crippen molar-refractivity contribution in [2.75, 3.05) is 6.54 Å². The first kappa shape index (κ1) is 22.3. The van der Waals surface area contributed by atoms with Crippen LogP contribution in [0.3, 0.4) is 0 Å². The highest BCUT2D eigenvalue weighted by Gasteiger charge is 2.20. The van der Waals surface area contributed by atoms with Crippen LogP contribution in [0.15, 0.2) is 16.9 Å². The first-order valence-corrected chi connectivity index (χ1v) is 11.1. The zero-order valence-corrected chi connectivity index (χ0v) is 18.8. The van der Waals surface area contributed by atoms with Crippen LogP contribution in [0.5, 0.6) is 0 Å². The first-order chi connectivity index (χ1) is 13.1. The molecule has 2 aromatic rings. The van der Waals surface area contributed by atoms with E-state index in [1.807, 2.05) is 45.9 Å². The molecule has 0 aliphatic carbocycles. The van der Waals surface area contributed by atoms with Crippen molar-refractivity contribution in [2.24, 2.45) is 5.41 Å². The predicted octanol–water partition coefficient (Wildman–Crippen LogP) is 2.42. The van der Waals surface area contributed by atoms with E-state index in [1.54, 1.807) is 11.3 Å². The number of thiazole rings is 1. The number of thiophene rings is 1. The Hall–Kier alpha value is -1.99. The highest BCUT2D eigenvalue weighted by Crippen LogP contribution is 2.16. The molecule has 0 fully saturated rings. The molecule has 152 valence electrons. The molecule has 0 atom stereocenters. The number of amides is 1. The Balaban J connectivity index is 2.50. The smallest absolute Gasteiger partial charge is 0.269 e. The number of Topliss-reactive ketones (excluding diaryl/α,β-unsaturated/α-hetero) is 1. The van der Waals surface area contributed by atoms with Gasteiger partial charge >= 0.3 is 0 Å². The van der Waals surface area contributed by atoms with Gasteiger partial charge in [-0.25, -0.2) is 0 Å². The summed E-state index contributed by atoms with van der Waals surface area (Å²) in [4.78, 5) is 39.8. The molecule has 7 heteroatoms. The van der Waals surface area contributed by atoms with Crippen molar-refractivity contribution >= 4 is 46.5 Å². The Bertz CT molecular complexity index is 1020. The summed E-state index contributed by atoms with van der Waals surface area (Å²) in [5.41, 5.74) is -0.794. The second-order valence-corrected chi connectivity index (χ2v) is 10.1. The number of ketones is 1. The van der Waals surface area contributed by atoms with Crippen LogP contribution >= 0.6 is 22.7 Å². The molecule has 1 N–H and O–H groups in total. The molecule has 0 aromatic carbocycles. The fourth-order valence-corrected chi connectivity index (χ4v) is 4.31. The molecule has 1 amide bonds. The molecule has 5 nitrogen and oxygen atoms in total. The topological polar surface area (TPSA) is 68.2 Å². The van der Waals surface area contributed by atoms with Gasteiger partial charge in [-0.3, -0.25) is 19.0 Å². The molecule has 0 aliphatic rings. The number of hydrogen-bond acceptors (Lipinski definition) is 5. The highest BCUT2D eigenvalue weighted by atomic mass is 32.1. The number of aryl methyl sites for hydroxylation is 1. The third-order valence-electron chi connectivity index (χ3n) is 4.12. The number of carbonyl (C=O) groups excluding carboxylic acids is 2. The maximum Gasteiger partial charge on any atom is 0.269 e. The van der Waals surface area contributed by atoms with Crippen LogP contribution in [0.1, 0.15) is 50.3 Å². The van der Waals surface area contributed by atoms with E-state index >= 15 is 0 Å². The molecular formula is C21H28N2O3S2. The molecule has 0 aliphatic heterocycles. The predicted molar refractivity (Wildman–Crippen MR) is 117 cm³/mol. The number of carbonyl (C=O) groups is 2.